The molecule has 276 valence electrons. The van der Waals surface area contributed by atoms with Gasteiger partial charge in [-0.1, -0.05) is 68.4 Å². The second-order valence-corrected chi connectivity index (χ2v) is 15.1. The maximum Gasteiger partial charge on any atom is 0.338 e. The zero-order chi connectivity index (χ0) is 37.6. The zero-order valence-electron chi connectivity index (χ0n) is 30.2. The maximum atomic E-state index is 14.0. The van der Waals surface area contributed by atoms with Gasteiger partial charge < -0.3 is 33.9 Å². The van der Waals surface area contributed by atoms with E-state index in [-0.39, 0.29) is 23.1 Å². The Morgan fingerprint density at radius 1 is 0.712 bits per heavy atom. The Labute approximate surface area is 303 Å². The van der Waals surface area contributed by atoms with E-state index >= 15 is 0 Å². The van der Waals surface area contributed by atoms with Gasteiger partial charge in [0.2, 0.25) is 0 Å². The molecule has 2 aliphatic carbocycles. The van der Waals surface area contributed by atoms with Gasteiger partial charge >= 0.3 is 23.9 Å². The van der Waals surface area contributed by atoms with Crippen molar-refractivity contribution in [3.8, 4) is 0 Å². The molecule has 1 heterocycles. The Balaban J connectivity index is 1.57. The third kappa shape index (κ3) is 5.98. The number of rotatable bonds is 9. The second kappa shape index (κ2) is 13.8. The molecule has 3 aromatic rings. The number of esters is 4. The molecule has 11 heteroatoms. The molecular weight excluding hydrogens is 668 g/mol. The summed E-state index contributed by atoms with van der Waals surface area (Å²) >= 11 is 0. The molecule has 3 aliphatic rings. The van der Waals surface area contributed by atoms with Crippen LogP contribution in [0.25, 0.3) is 0 Å². The van der Waals surface area contributed by atoms with Gasteiger partial charge in [0.25, 0.3) is 0 Å². The first-order valence-corrected chi connectivity index (χ1v) is 17.7. The molecule has 2 saturated carbocycles. The van der Waals surface area contributed by atoms with Crippen LogP contribution in [0, 0.1) is 17.3 Å². The molecule has 10 atom stereocenters. The highest BCUT2D eigenvalue weighted by Crippen LogP contribution is 2.69. The Morgan fingerprint density at radius 2 is 1.15 bits per heavy atom. The lowest BCUT2D eigenvalue weighted by molar-refractivity contribution is -0.349. The first-order valence-electron chi connectivity index (χ1n) is 17.7. The average molecular weight is 715 g/mol. The maximum absolute atomic E-state index is 14.0. The second-order valence-electron chi connectivity index (χ2n) is 15.1. The molecule has 2 bridgehead atoms. The van der Waals surface area contributed by atoms with Crippen LogP contribution in [0.15, 0.2) is 91.0 Å². The number of aliphatic hydroxyl groups is 2. The third-order valence-electron chi connectivity index (χ3n) is 11.4. The molecular formula is C41H46O11. The van der Waals surface area contributed by atoms with E-state index in [0.29, 0.717) is 6.42 Å². The Morgan fingerprint density at radius 3 is 1.62 bits per heavy atom. The SMILES string of the molecule is CCC(C)C(=O)OC1C(O)[C@@H]2C(OC(=O)c3ccccc3)[C@@]3(OC2(C)C)[C@@]1(C)C(OC(=O)c1ccccc1)C(OC(=O)c1ccccc1)C[C@@]3(C)O. The lowest BCUT2D eigenvalue weighted by Gasteiger charge is -2.65. The standard InChI is InChI=1S/C41H46O11/c1-7-24(2)34(43)51-33-30(42)29-32(50-37(46)27-21-15-10-16-22-27)41(52-38(29,3)4)39(5,47)23-28(48-35(44)25-17-11-8-12-18-25)31(40(33,41)6)49-36(45)26-19-13-9-14-20-26/h8-22,24,28-33,42,47H,7,23H2,1-6H3/t24?,28?,29-,30?,31?,32?,33?,39-,40+,41+/m1/s1. The topological polar surface area (TPSA) is 155 Å². The number of benzene rings is 3. The van der Waals surface area contributed by atoms with Crippen molar-refractivity contribution in [3.63, 3.8) is 0 Å². The molecule has 11 nitrogen and oxygen atoms in total. The number of aliphatic hydroxyl groups excluding tert-OH is 1. The predicted molar refractivity (Wildman–Crippen MR) is 187 cm³/mol. The summed E-state index contributed by atoms with van der Waals surface area (Å²) < 4.78 is 31.9. The van der Waals surface area contributed by atoms with E-state index in [1.165, 1.54) is 6.92 Å². The molecule has 1 aliphatic heterocycles. The molecule has 1 saturated heterocycles. The molecule has 2 N–H and O–H groups in total. The van der Waals surface area contributed by atoms with Crippen LogP contribution in [-0.4, -0.2) is 81.4 Å². The highest BCUT2D eigenvalue weighted by Gasteiger charge is 2.86. The normalized spacial score (nSPS) is 33.5. The van der Waals surface area contributed by atoms with Gasteiger partial charge in [0.15, 0.2) is 6.10 Å². The van der Waals surface area contributed by atoms with Gasteiger partial charge in [-0.2, -0.15) is 0 Å². The van der Waals surface area contributed by atoms with Gasteiger partial charge in [0.1, 0.15) is 30.0 Å². The highest BCUT2D eigenvalue weighted by molar-refractivity contribution is 5.91. The number of ether oxygens (including phenoxy) is 5. The lowest BCUT2D eigenvalue weighted by atomic mass is 9.46. The van der Waals surface area contributed by atoms with E-state index in [9.17, 15) is 29.4 Å². The number of hydrogen-bond donors (Lipinski definition) is 2. The summed E-state index contributed by atoms with van der Waals surface area (Å²) in [6.45, 7) is 9.92. The molecule has 52 heavy (non-hydrogen) atoms. The first kappa shape index (κ1) is 37.2. The van der Waals surface area contributed by atoms with E-state index in [4.69, 9.17) is 23.7 Å². The smallest absolute Gasteiger partial charge is 0.338 e. The predicted octanol–water partition coefficient (Wildman–Crippen LogP) is 5.32. The fourth-order valence-corrected chi connectivity index (χ4v) is 8.68. The van der Waals surface area contributed by atoms with E-state index in [0.717, 1.165) is 0 Å². The zero-order valence-corrected chi connectivity index (χ0v) is 30.2. The molecule has 0 aromatic heterocycles. The summed E-state index contributed by atoms with van der Waals surface area (Å²) in [6.07, 6.45) is -7.26. The van der Waals surface area contributed by atoms with Crippen LogP contribution in [0.4, 0.5) is 0 Å². The quantitative estimate of drug-likeness (QED) is 0.219. The van der Waals surface area contributed by atoms with Gasteiger partial charge in [0, 0.05) is 6.42 Å². The monoisotopic (exact) mass is 714 g/mol. The van der Waals surface area contributed by atoms with Crippen molar-refractivity contribution in [1.82, 2.24) is 0 Å². The number of carbonyl (C=O) groups is 4. The van der Waals surface area contributed by atoms with Gasteiger partial charge in [-0.25, -0.2) is 14.4 Å². The van der Waals surface area contributed by atoms with Crippen molar-refractivity contribution in [2.45, 2.75) is 102 Å². The van der Waals surface area contributed by atoms with E-state index in [2.05, 4.69) is 0 Å². The van der Waals surface area contributed by atoms with Crippen LogP contribution in [0.5, 0.6) is 0 Å². The average Bonchev–Trinajstić information content (AvgIpc) is 3.35. The van der Waals surface area contributed by atoms with E-state index in [1.54, 1.807) is 119 Å². The minimum absolute atomic E-state index is 0.174. The molecule has 6 unspecified atom stereocenters. The van der Waals surface area contributed by atoms with Crippen molar-refractivity contribution in [3.05, 3.63) is 108 Å². The molecule has 1 spiro atoms. The largest absolute Gasteiger partial charge is 0.459 e. The molecule has 3 fully saturated rings. The van der Waals surface area contributed by atoms with Crippen molar-refractivity contribution in [1.29, 1.82) is 0 Å². The summed E-state index contributed by atoms with van der Waals surface area (Å²) in [5.41, 5.74) is -6.65. The first-order chi connectivity index (χ1) is 24.6. The minimum Gasteiger partial charge on any atom is -0.459 e. The summed E-state index contributed by atoms with van der Waals surface area (Å²) in [5.74, 6) is -4.58. The fourth-order valence-electron chi connectivity index (χ4n) is 8.68. The van der Waals surface area contributed by atoms with E-state index < -0.39 is 88.5 Å². The molecule has 3 aromatic carbocycles. The highest BCUT2D eigenvalue weighted by atomic mass is 16.6. The minimum atomic E-state index is -2.02. The number of carbonyl (C=O) groups excluding carboxylic acids is 4. The molecule has 0 radical (unpaired) electrons. The van der Waals surface area contributed by atoms with Crippen LogP contribution in [-0.2, 0) is 28.5 Å². The summed E-state index contributed by atoms with van der Waals surface area (Å²) in [6, 6.07) is 24.6. The van der Waals surface area contributed by atoms with Crippen molar-refractivity contribution < 1.29 is 53.1 Å². The van der Waals surface area contributed by atoms with Crippen LogP contribution in [0.3, 0.4) is 0 Å². The summed E-state index contributed by atoms with van der Waals surface area (Å²) in [4.78, 5) is 55.2. The molecule has 0 amide bonds. The van der Waals surface area contributed by atoms with Gasteiger partial charge in [-0.15, -0.1) is 0 Å². The van der Waals surface area contributed by atoms with Gasteiger partial charge in [-0.3, -0.25) is 4.79 Å². The Bertz CT molecular complexity index is 1790. The fraction of sp³-hybridized carbons (Fsp3) is 0.463. The van der Waals surface area contributed by atoms with Gasteiger partial charge in [-0.05, 0) is 70.5 Å². The van der Waals surface area contributed by atoms with Crippen molar-refractivity contribution >= 4 is 23.9 Å². The molecule has 6 rings (SSSR count). The van der Waals surface area contributed by atoms with Crippen molar-refractivity contribution in [2.24, 2.45) is 17.3 Å². The van der Waals surface area contributed by atoms with Crippen LogP contribution in [0.2, 0.25) is 0 Å². The third-order valence-corrected chi connectivity index (χ3v) is 11.4. The van der Waals surface area contributed by atoms with E-state index in [1.807, 2.05) is 6.92 Å². The van der Waals surface area contributed by atoms with Crippen LogP contribution >= 0.6 is 0 Å². The van der Waals surface area contributed by atoms with Gasteiger partial charge in [0.05, 0.1) is 45.1 Å². The lowest BCUT2D eigenvalue weighted by Crippen LogP contribution is -2.83. The number of fused-ring (bicyclic) bond motifs is 1. The summed E-state index contributed by atoms with van der Waals surface area (Å²) in [5, 5.41) is 25.3. The van der Waals surface area contributed by atoms with Crippen molar-refractivity contribution in [2.75, 3.05) is 0 Å². The Hall–Kier alpha value is -4.58. The number of hydrogen-bond acceptors (Lipinski definition) is 11. The summed E-state index contributed by atoms with van der Waals surface area (Å²) in [7, 11) is 0. The van der Waals surface area contributed by atoms with Crippen LogP contribution < -0.4 is 0 Å². The Kier molecular flexibility index (Phi) is 9.84. The van der Waals surface area contributed by atoms with Crippen LogP contribution in [0.1, 0.15) is 85.5 Å².